The second-order valence-electron chi connectivity index (χ2n) is 12.6. The molecule has 0 bridgehead atoms. The van der Waals surface area contributed by atoms with Crippen LogP contribution in [0.25, 0.3) is 22.2 Å². The molecule has 1 aromatic heterocycles. The fourth-order valence-electron chi connectivity index (χ4n) is 6.99. The first-order valence-corrected chi connectivity index (χ1v) is 17.1. The molecule has 6 aromatic carbocycles. The van der Waals surface area contributed by atoms with Crippen molar-refractivity contribution in [2.24, 2.45) is 0 Å². The lowest BCUT2D eigenvalue weighted by Gasteiger charge is -2.26. The molecule has 0 spiro atoms. The Morgan fingerprint density at radius 1 is 0.479 bits per heavy atom. The Morgan fingerprint density at radius 2 is 0.896 bits per heavy atom. The highest BCUT2D eigenvalue weighted by Gasteiger charge is 2.26. The zero-order chi connectivity index (χ0) is 33.0. The summed E-state index contributed by atoms with van der Waals surface area (Å²) in [5.41, 5.74) is 14.7. The summed E-state index contributed by atoms with van der Waals surface area (Å²) in [6, 6.07) is 55.5. The van der Waals surface area contributed by atoms with Gasteiger partial charge in [0.05, 0.1) is 5.69 Å². The summed E-state index contributed by atoms with van der Waals surface area (Å²) in [4.78, 5) is 8.56. The van der Waals surface area contributed by atoms with Gasteiger partial charge in [-0.1, -0.05) is 108 Å². The van der Waals surface area contributed by atoms with Crippen LogP contribution in [0.3, 0.4) is 0 Å². The van der Waals surface area contributed by atoms with Gasteiger partial charge in [0.15, 0.2) is 0 Å². The van der Waals surface area contributed by atoms with E-state index in [9.17, 15) is 0 Å². The van der Waals surface area contributed by atoms with Gasteiger partial charge in [-0.2, -0.15) is 0 Å². The SMILES string of the molecule is CCN(c1ccc(C)cc1)c1ccc(C(c2ccc(N(CC)c3ccc(C)cc3)cc2)c2c(-c3ccccc3)[nH]c3ccccc23)cc1. The third kappa shape index (κ3) is 6.12. The number of aryl methyl sites for hydroxylation is 2. The predicted molar refractivity (Wildman–Crippen MR) is 205 cm³/mol. The maximum absolute atomic E-state index is 3.81. The molecule has 48 heavy (non-hydrogen) atoms. The molecule has 0 aliphatic heterocycles. The molecule has 7 rings (SSSR count). The third-order valence-corrected chi connectivity index (χ3v) is 9.50. The predicted octanol–water partition coefficient (Wildman–Crippen LogP) is 11.9. The van der Waals surface area contributed by atoms with Crippen molar-refractivity contribution in [3.05, 3.63) is 179 Å². The van der Waals surface area contributed by atoms with E-state index < -0.39 is 0 Å². The molecule has 0 amide bonds. The molecular weight excluding hydrogens is 583 g/mol. The average molecular weight is 626 g/mol. The Balaban J connectivity index is 1.36. The van der Waals surface area contributed by atoms with Crippen LogP contribution in [0.1, 0.15) is 47.6 Å². The molecule has 7 aromatic rings. The van der Waals surface area contributed by atoms with Crippen molar-refractivity contribution in [2.75, 3.05) is 22.9 Å². The maximum atomic E-state index is 3.81. The van der Waals surface area contributed by atoms with Gasteiger partial charge in [-0.3, -0.25) is 0 Å². The summed E-state index contributed by atoms with van der Waals surface area (Å²) < 4.78 is 0. The molecule has 0 saturated carbocycles. The molecule has 0 atom stereocenters. The highest BCUT2D eigenvalue weighted by Crippen LogP contribution is 2.43. The van der Waals surface area contributed by atoms with Crippen LogP contribution in [0.15, 0.2) is 152 Å². The topological polar surface area (TPSA) is 22.3 Å². The third-order valence-electron chi connectivity index (χ3n) is 9.50. The number of fused-ring (bicyclic) bond motifs is 1. The zero-order valence-electron chi connectivity index (χ0n) is 28.3. The van der Waals surface area contributed by atoms with E-state index >= 15 is 0 Å². The summed E-state index contributed by atoms with van der Waals surface area (Å²) >= 11 is 0. The van der Waals surface area contributed by atoms with Gasteiger partial charge in [-0.05, 0) is 105 Å². The van der Waals surface area contributed by atoms with Gasteiger partial charge in [0, 0.05) is 52.7 Å². The fraction of sp³-hybridized carbons (Fsp3) is 0.156. The molecule has 0 radical (unpaired) electrons. The number of nitrogens with zero attached hydrogens (tertiary/aromatic N) is 2. The molecule has 0 aliphatic carbocycles. The van der Waals surface area contributed by atoms with Crippen molar-refractivity contribution in [2.45, 2.75) is 33.6 Å². The minimum Gasteiger partial charge on any atom is -0.354 e. The number of aromatic amines is 1. The lowest BCUT2D eigenvalue weighted by atomic mass is 9.82. The van der Waals surface area contributed by atoms with Crippen LogP contribution >= 0.6 is 0 Å². The van der Waals surface area contributed by atoms with Crippen molar-refractivity contribution >= 4 is 33.7 Å². The second kappa shape index (κ2) is 13.7. The van der Waals surface area contributed by atoms with Crippen LogP contribution in [0.4, 0.5) is 22.7 Å². The summed E-state index contributed by atoms with van der Waals surface area (Å²) in [6.07, 6.45) is 0. The van der Waals surface area contributed by atoms with E-state index in [4.69, 9.17) is 0 Å². The largest absolute Gasteiger partial charge is 0.354 e. The van der Waals surface area contributed by atoms with Crippen molar-refractivity contribution in [1.29, 1.82) is 0 Å². The quantitative estimate of drug-likeness (QED) is 0.163. The minimum absolute atomic E-state index is 0.0170. The zero-order valence-corrected chi connectivity index (χ0v) is 28.3. The van der Waals surface area contributed by atoms with Crippen molar-refractivity contribution in [3.8, 4) is 11.3 Å². The molecule has 1 heterocycles. The Labute approximate surface area is 285 Å². The first kappa shape index (κ1) is 31.1. The minimum atomic E-state index is 0.0170. The van der Waals surface area contributed by atoms with E-state index in [1.54, 1.807) is 0 Å². The Bertz CT molecular complexity index is 1990. The van der Waals surface area contributed by atoms with Crippen molar-refractivity contribution in [3.63, 3.8) is 0 Å². The van der Waals surface area contributed by atoms with E-state index in [2.05, 4.69) is 194 Å². The molecule has 3 nitrogen and oxygen atoms in total. The van der Waals surface area contributed by atoms with Crippen LogP contribution in [0.5, 0.6) is 0 Å². The van der Waals surface area contributed by atoms with Crippen LogP contribution < -0.4 is 9.80 Å². The van der Waals surface area contributed by atoms with Crippen LogP contribution in [0.2, 0.25) is 0 Å². The van der Waals surface area contributed by atoms with E-state index in [-0.39, 0.29) is 5.92 Å². The molecule has 1 N–H and O–H groups in total. The number of anilines is 4. The number of rotatable bonds is 10. The Hall–Kier alpha value is -5.54. The highest BCUT2D eigenvalue weighted by atomic mass is 15.1. The van der Waals surface area contributed by atoms with E-state index in [1.165, 1.54) is 67.2 Å². The van der Waals surface area contributed by atoms with Gasteiger partial charge < -0.3 is 14.8 Å². The maximum Gasteiger partial charge on any atom is 0.0507 e. The molecule has 3 heteroatoms. The molecule has 0 aliphatic rings. The van der Waals surface area contributed by atoms with Crippen LogP contribution in [-0.2, 0) is 0 Å². The Kier molecular flexibility index (Phi) is 8.85. The highest BCUT2D eigenvalue weighted by molar-refractivity contribution is 5.92. The van der Waals surface area contributed by atoms with Gasteiger partial charge in [0.2, 0.25) is 0 Å². The standard InChI is InChI=1S/C45H43N3/c1-5-47(37-24-16-32(3)17-25-37)39-28-20-34(21-29-39)43(35-22-30-40(31-23-35)48(6-2)38-26-18-33(4)19-27-38)44-41-14-10-11-15-42(41)46-45(44)36-12-8-7-9-13-36/h7-31,43,46H,5-6H2,1-4H3. The number of nitrogens with one attached hydrogen (secondary N) is 1. The van der Waals surface area contributed by atoms with Gasteiger partial charge in [0.1, 0.15) is 0 Å². The van der Waals surface area contributed by atoms with Crippen LogP contribution in [0, 0.1) is 13.8 Å². The molecule has 0 saturated heterocycles. The lowest BCUT2D eigenvalue weighted by molar-refractivity contribution is 0.976. The molecule has 0 unspecified atom stereocenters. The number of aromatic nitrogens is 1. The number of hydrogen-bond donors (Lipinski definition) is 1. The van der Waals surface area contributed by atoms with Gasteiger partial charge >= 0.3 is 0 Å². The number of para-hydroxylation sites is 1. The summed E-state index contributed by atoms with van der Waals surface area (Å²) in [5, 5.41) is 1.25. The van der Waals surface area contributed by atoms with E-state index in [1.807, 2.05) is 0 Å². The number of H-pyrrole nitrogens is 1. The first-order chi connectivity index (χ1) is 23.5. The van der Waals surface area contributed by atoms with Crippen molar-refractivity contribution < 1.29 is 0 Å². The van der Waals surface area contributed by atoms with Crippen LogP contribution in [-0.4, -0.2) is 18.1 Å². The van der Waals surface area contributed by atoms with E-state index in [0.29, 0.717) is 0 Å². The second-order valence-corrected chi connectivity index (χ2v) is 12.6. The first-order valence-electron chi connectivity index (χ1n) is 17.1. The average Bonchev–Trinajstić information content (AvgIpc) is 3.51. The van der Waals surface area contributed by atoms with Gasteiger partial charge in [0.25, 0.3) is 0 Å². The summed E-state index contributed by atoms with van der Waals surface area (Å²) in [6.45, 7) is 10.5. The molecular formula is C45H43N3. The molecule has 0 fully saturated rings. The smallest absolute Gasteiger partial charge is 0.0507 e. The lowest BCUT2D eigenvalue weighted by Crippen LogP contribution is -2.16. The van der Waals surface area contributed by atoms with E-state index in [0.717, 1.165) is 18.6 Å². The van der Waals surface area contributed by atoms with Crippen molar-refractivity contribution in [1.82, 2.24) is 4.98 Å². The van der Waals surface area contributed by atoms with Gasteiger partial charge in [-0.25, -0.2) is 0 Å². The normalized spacial score (nSPS) is 11.3. The summed E-state index contributed by atoms with van der Waals surface area (Å²) in [7, 11) is 0. The number of hydrogen-bond acceptors (Lipinski definition) is 2. The molecule has 238 valence electrons. The summed E-state index contributed by atoms with van der Waals surface area (Å²) in [5.74, 6) is 0.0170. The monoisotopic (exact) mass is 625 g/mol. The van der Waals surface area contributed by atoms with Gasteiger partial charge in [-0.15, -0.1) is 0 Å². The Morgan fingerprint density at radius 3 is 1.35 bits per heavy atom. The number of benzene rings is 6. The fourth-order valence-corrected chi connectivity index (χ4v) is 6.99.